The zero-order chi connectivity index (χ0) is 36.4. The summed E-state index contributed by atoms with van der Waals surface area (Å²) in [5.41, 5.74) is -3.70. The monoisotopic (exact) mass is 752 g/mol. The van der Waals surface area contributed by atoms with E-state index in [0.717, 1.165) is 75.7 Å². The number of alkyl halides is 9. The summed E-state index contributed by atoms with van der Waals surface area (Å²) in [6, 6.07) is 6.36. The highest BCUT2D eigenvalue weighted by atomic mass is 33.1. The molecule has 1 aromatic rings. The van der Waals surface area contributed by atoms with Crippen molar-refractivity contribution in [3.8, 4) is 5.75 Å². The maximum absolute atomic E-state index is 13.2. The van der Waals surface area contributed by atoms with Gasteiger partial charge < -0.3 is 19.5 Å². The number of methoxy groups -OCH3 is 1. The molecule has 1 N–H and O–H groups in total. The molecule has 0 spiro atoms. The zero-order valence-corrected chi connectivity index (χ0v) is 29.1. The second kappa shape index (κ2) is 15.5. The van der Waals surface area contributed by atoms with Crippen LogP contribution in [0.15, 0.2) is 18.2 Å². The number of benzene rings is 1. The highest BCUT2D eigenvalue weighted by molar-refractivity contribution is 8.76. The fraction of sp³-hybridized carbons (Fsp3) is 0.824. The lowest BCUT2D eigenvalue weighted by Crippen LogP contribution is -2.67. The van der Waals surface area contributed by atoms with Gasteiger partial charge in [0.2, 0.25) is 0 Å². The van der Waals surface area contributed by atoms with Gasteiger partial charge in [0, 0.05) is 30.7 Å². The van der Waals surface area contributed by atoms with Crippen LogP contribution in [0.25, 0.3) is 0 Å². The van der Waals surface area contributed by atoms with E-state index in [1.165, 1.54) is 11.1 Å². The van der Waals surface area contributed by atoms with Crippen molar-refractivity contribution in [2.24, 2.45) is 17.3 Å². The van der Waals surface area contributed by atoms with Crippen LogP contribution in [0.5, 0.6) is 5.75 Å². The largest absolute Gasteiger partial charge is 0.494 e. The van der Waals surface area contributed by atoms with Crippen LogP contribution in [0, 0.1) is 17.3 Å². The summed E-state index contributed by atoms with van der Waals surface area (Å²) in [4.78, 5) is 0. The molecule has 5 rings (SSSR count). The maximum atomic E-state index is 13.2. The molecule has 0 heterocycles. The Hall–Kier alpha value is -1.03. The molecule has 0 bridgehead atoms. The van der Waals surface area contributed by atoms with E-state index in [0.29, 0.717) is 29.6 Å². The lowest BCUT2D eigenvalue weighted by molar-refractivity contribution is -0.457. The van der Waals surface area contributed by atoms with Gasteiger partial charge in [-0.15, -0.1) is 0 Å². The van der Waals surface area contributed by atoms with Gasteiger partial charge in [0.25, 0.3) is 0 Å². The molecule has 0 saturated heterocycles. The lowest BCUT2D eigenvalue weighted by Gasteiger charge is -2.51. The van der Waals surface area contributed by atoms with Crippen LogP contribution in [0.4, 0.5) is 39.5 Å². The summed E-state index contributed by atoms with van der Waals surface area (Å²) in [7, 11) is 3.81. The molecular weight excluding hydrogens is 705 g/mol. The van der Waals surface area contributed by atoms with Crippen molar-refractivity contribution >= 4 is 21.6 Å². The van der Waals surface area contributed by atoms with Crippen molar-refractivity contribution in [3.05, 3.63) is 29.3 Å². The average Bonchev–Trinajstić information content (AvgIpc) is 3.61. The molecule has 4 aliphatic carbocycles. The average molecular weight is 753 g/mol. The standard InChI is InChI=1S/C34H46F9NO3S2/c1-30-14-13-26-25-10-7-23(46-16-4-18-48-49-24-8-6-22(20-24)45-2)19-21(25)5-9-27(26)28(30)11-12-29(30)44-15-3-17-47-31(32(35,36)37,33(38,39)40)34(41,42)43/h7,10,19,22,24,26-29,44H,3-6,8-9,11-18,20H2,1-2H3/t22?,24?,26-,27-,28+,29+,30+/m1/s1/i2D. The minimum Gasteiger partial charge on any atom is -0.494 e. The summed E-state index contributed by atoms with van der Waals surface area (Å²) < 4.78 is 141. The van der Waals surface area contributed by atoms with Gasteiger partial charge in [0.1, 0.15) is 5.75 Å². The van der Waals surface area contributed by atoms with E-state index >= 15 is 0 Å². The van der Waals surface area contributed by atoms with E-state index in [1.54, 1.807) is 0 Å². The Morgan fingerprint density at radius 3 is 2.39 bits per heavy atom. The van der Waals surface area contributed by atoms with Crippen LogP contribution in [-0.2, 0) is 15.9 Å². The minimum absolute atomic E-state index is 0.0293. The summed E-state index contributed by atoms with van der Waals surface area (Å²) >= 11 is 0. The number of rotatable bonds is 14. The normalized spacial score (nSPS) is 30.9. The molecule has 15 heteroatoms. The molecule has 7 atom stereocenters. The first kappa shape index (κ1) is 37.7. The molecule has 0 aromatic heterocycles. The predicted molar refractivity (Wildman–Crippen MR) is 173 cm³/mol. The fourth-order valence-corrected chi connectivity index (χ4v) is 11.7. The van der Waals surface area contributed by atoms with Crippen molar-refractivity contribution < 1.29 is 55.1 Å². The highest BCUT2D eigenvalue weighted by Crippen LogP contribution is 2.61. The molecule has 3 saturated carbocycles. The van der Waals surface area contributed by atoms with Crippen LogP contribution in [-0.4, -0.2) is 74.1 Å². The third-order valence-corrected chi connectivity index (χ3v) is 14.4. The first-order chi connectivity index (χ1) is 23.5. The number of aryl methyl sites for hydroxylation is 1. The topological polar surface area (TPSA) is 39.7 Å². The Morgan fingerprint density at radius 1 is 0.918 bits per heavy atom. The van der Waals surface area contributed by atoms with Gasteiger partial charge in [-0.05, 0) is 124 Å². The molecule has 0 radical (unpaired) electrons. The number of halogens is 9. The second-order valence-electron chi connectivity index (χ2n) is 14.1. The van der Waals surface area contributed by atoms with Crippen LogP contribution >= 0.6 is 21.6 Å². The number of ether oxygens (including phenoxy) is 3. The Balaban J connectivity index is 1.07. The molecule has 0 aliphatic heterocycles. The van der Waals surface area contributed by atoms with Crippen molar-refractivity contribution in [3.63, 3.8) is 0 Å². The number of nitrogens with one attached hydrogen (secondary N) is 1. The van der Waals surface area contributed by atoms with Crippen LogP contribution < -0.4 is 10.1 Å². The van der Waals surface area contributed by atoms with Crippen molar-refractivity contribution in [2.45, 2.75) is 125 Å². The third-order valence-electron chi connectivity index (χ3n) is 11.3. The molecule has 4 aliphatic rings. The lowest BCUT2D eigenvalue weighted by atomic mass is 9.55. The smallest absolute Gasteiger partial charge is 0.435 e. The van der Waals surface area contributed by atoms with Gasteiger partial charge >= 0.3 is 24.1 Å². The first-order valence-corrected chi connectivity index (χ1v) is 19.4. The van der Waals surface area contributed by atoms with Gasteiger partial charge in [-0.3, -0.25) is 0 Å². The molecule has 49 heavy (non-hydrogen) atoms. The molecular formula is C34H46F9NO3S2. The number of hydrogen-bond donors (Lipinski definition) is 1. The first-order valence-electron chi connectivity index (χ1n) is 17.7. The number of fused-ring (bicyclic) bond motifs is 5. The van der Waals surface area contributed by atoms with Crippen molar-refractivity contribution in [1.82, 2.24) is 5.32 Å². The van der Waals surface area contributed by atoms with Gasteiger partial charge in [-0.25, -0.2) is 0 Å². The summed E-state index contributed by atoms with van der Waals surface area (Å²) in [5.74, 6) is 3.09. The fourth-order valence-electron chi connectivity index (χ4n) is 8.88. The van der Waals surface area contributed by atoms with Gasteiger partial charge in [0.15, 0.2) is 0 Å². The molecule has 2 unspecified atom stereocenters. The molecule has 280 valence electrons. The SMILES string of the molecule is [2H]COC1CCC(SSCCCOc2ccc3c(c2)CC[C@@H]2[C@@H]3CC[C@]3(C)[C@@H](NCCCOC(C(F)(F)F)(C(F)(F)F)C(F)(F)F)CC[C@@H]23)C1. The van der Waals surface area contributed by atoms with Gasteiger partial charge in [-0.1, -0.05) is 34.6 Å². The third kappa shape index (κ3) is 8.15. The van der Waals surface area contributed by atoms with Gasteiger partial charge in [-0.2, -0.15) is 39.5 Å². The predicted octanol–water partition coefficient (Wildman–Crippen LogP) is 10.1. The zero-order valence-electron chi connectivity index (χ0n) is 28.5. The van der Waals surface area contributed by atoms with Crippen LogP contribution in [0.2, 0.25) is 0 Å². The highest BCUT2D eigenvalue weighted by Gasteiger charge is 2.85. The minimum atomic E-state index is -6.72. The summed E-state index contributed by atoms with van der Waals surface area (Å²) in [6.07, 6.45) is -10.7. The van der Waals surface area contributed by atoms with Crippen LogP contribution in [0.1, 0.15) is 89.5 Å². The second-order valence-corrected chi connectivity index (χ2v) is 16.9. The Bertz CT molecular complexity index is 1230. The number of hydrogen-bond acceptors (Lipinski definition) is 6. The molecule has 1 aromatic carbocycles. The Kier molecular flexibility index (Phi) is 11.9. The van der Waals surface area contributed by atoms with E-state index in [-0.39, 0.29) is 31.2 Å². The molecule has 4 nitrogen and oxygen atoms in total. The van der Waals surface area contributed by atoms with E-state index in [9.17, 15) is 39.5 Å². The van der Waals surface area contributed by atoms with E-state index in [4.69, 9.17) is 10.8 Å². The van der Waals surface area contributed by atoms with Crippen molar-refractivity contribution in [1.29, 1.82) is 0 Å². The molecule has 0 amide bonds. The summed E-state index contributed by atoms with van der Waals surface area (Å²) in [6.45, 7) is 1.41. The maximum Gasteiger partial charge on any atom is 0.435 e. The molecule has 3 fully saturated rings. The quantitative estimate of drug-likeness (QED) is 0.116. The van der Waals surface area contributed by atoms with Crippen molar-refractivity contribution in [2.75, 3.05) is 32.6 Å². The van der Waals surface area contributed by atoms with Crippen LogP contribution in [0.3, 0.4) is 0 Å². The van der Waals surface area contributed by atoms with E-state index in [1.807, 2.05) is 27.7 Å². The summed E-state index contributed by atoms with van der Waals surface area (Å²) in [5, 5.41) is 3.83. The van der Waals surface area contributed by atoms with Gasteiger partial charge in [0.05, 0.1) is 14.1 Å². The Morgan fingerprint density at radius 2 is 1.67 bits per heavy atom. The van der Waals surface area contributed by atoms with E-state index in [2.05, 4.69) is 29.1 Å². The van der Waals surface area contributed by atoms with E-state index < -0.39 is 37.2 Å². The Labute approximate surface area is 291 Å².